The van der Waals surface area contributed by atoms with Crippen molar-refractivity contribution in [1.82, 2.24) is 14.7 Å². The average Bonchev–Trinajstić information content (AvgIpc) is 3.18. The van der Waals surface area contributed by atoms with E-state index >= 15 is 0 Å². The zero-order chi connectivity index (χ0) is 24.5. The summed E-state index contributed by atoms with van der Waals surface area (Å²) >= 11 is 0. The van der Waals surface area contributed by atoms with Crippen LogP contribution in [0.2, 0.25) is 0 Å². The molecule has 4 rings (SSSR count). The Kier molecular flexibility index (Phi) is 8.74. The van der Waals surface area contributed by atoms with Crippen molar-refractivity contribution in [2.75, 3.05) is 52.4 Å². The molecule has 7 heteroatoms. The molecule has 2 saturated heterocycles. The minimum Gasteiger partial charge on any atom is -0.494 e. The first kappa shape index (κ1) is 24.7. The molecule has 0 radical (unpaired) electrons. The number of ether oxygens (including phenoxy) is 1. The van der Waals surface area contributed by atoms with Crippen LogP contribution in [-0.2, 0) is 0 Å². The van der Waals surface area contributed by atoms with E-state index < -0.39 is 0 Å². The number of benzene rings is 2. The molecule has 2 heterocycles. The van der Waals surface area contributed by atoms with Gasteiger partial charge in [-0.2, -0.15) is 5.26 Å². The molecule has 0 unspecified atom stereocenters. The van der Waals surface area contributed by atoms with E-state index in [0.29, 0.717) is 55.9 Å². The van der Waals surface area contributed by atoms with Gasteiger partial charge in [-0.15, -0.1) is 0 Å². The van der Waals surface area contributed by atoms with Gasteiger partial charge in [-0.3, -0.25) is 9.59 Å². The summed E-state index contributed by atoms with van der Waals surface area (Å²) < 4.78 is 5.88. The summed E-state index contributed by atoms with van der Waals surface area (Å²) in [7, 11) is 0. The zero-order valence-corrected chi connectivity index (χ0v) is 20.3. The van der Waals surface area contributed by atoms with Crippen LogP contribution in [0.25, 0.3) is 0 Å². The molecule has 35 heavy (non-hydrogen) atoms. The molecule has 2 aromatic rings. The molecule has 0 N–H and O–H groups in total. The predicted octanol–water partition coefficient (Wildman–Crippen LogP) is 3.80. The van der Waals surface area contributed by atoms with Crippen LogP contribution in [0, 0.1) is 11.3 Å². The lowest BCUT2D eigenvalue weighted by atomic mass is 10.1. The molecule has 0 aromatic heterocycles. The molecule has 2 aliphatic heterocycles. The second kappa shape index (κ2) is 12.4. The maximum absolute atomic E-state index is 13.1. The van der Waals surface area contributed by atoms with Gasteiger partial charge in [0.2, 0.25) is 0 Å². The average molecular weight is 475 g/mol. The fourth-order valence-corrected chi connectivity index (χ4v) is 4.80. The van der Waals surface area contributed by atoms with E-state index in [-0.39, 0.29) is 11.8 Å². The van der Waals surface area contributed by atoms with Crippen molar-refractivity contribution >= 4 is 11.8 Å². The Morgan fingerprint density at radius 2 is 1.49 bits per heavy atom. The number of rotatable bonds is 7. The van der Waals surface area contributed by atoms with Crippen LogP contribution >= 0.6 is 0 Å². The second-order valence-corrected chi connectivity index (χ2v) is 9.22. The standard InChI is InChI=1S/C28H34N4O3/c29-22-24-8-2-3-9-26(24)28(34)32-18-6-17-31(19-20-32)27(33)23-10-12-25(13-11-23)35-21-7-16-30-14-4-1-5-15-30/h2-3,8-13H,1,4-7,14-21H2. The smallest absolute Gasteiger partial charge is 0.255 e. The highest BCUT2D eigenvalue weighted by Gasteiger charge is 2.24. The number of amides is 2. The van der Waals surface area contributed by atoms with Gasteiger partial charge in [0.25, 0.3) is 11.8 Å². The normalized spacial score (nSPS) is 16.9. The van der Waals surface area contributed by atoms with E-state index in [1.54, 1.807) is 34.1 Å². The van der Waals surface area contributed by atoms with Crippen LogP contribution in [0.15, 0.2) is 48.5 Å². The SMILES string of the molecule is N#Cc1ccccc1C(=O)N1CCCN(C(=O)c2ccc(OCCCN3CCCCC3)cc2)CC1. The minimum atomic E-state index is -0.154. The van der Waals surface area contributed by atoms with E-state index in [1.165, 1.54) is 32.4 Å². The van der Waals surface area contributed by atoms with Gasteiger partial charge in [-0.25, -0.2) is 0 Å². The molecule has 184 valence electrons. The van der Waals surface area contributed by atoms with Crippen LogP contribution in [0.5, 0.6) is 5.75 Å². The molecule has 7 nitrogen and oxygen atoms in total. The van der Waals surface area contributed by atoms with E-state index in [9.17, 15) is 14.9 Å². The number of likely N-dealkylation sites (tertiary alicyclic amines) is 1. The molecule has 2 amide bonds. The molecule has 0 atom stereocenters. The fraction of sp³-hybridized carbons (Fsp3) is 0.464. The van der Waals surface area contributed by atoms with E-state index in [2.05, 4.69) is 11.0 Å². The van der Waals surface area contributed by atoms with Crippen molar-refractivity contribution in [3.63, 3.8) is 0 Å². The fourth-order valence-electron chi connectivity index (χ4n) is 4.80. The predicted molar refractivity (Wildman–Crippen MR) is 134 cm³/mol. The Morgan fingerprint density at radius 3 is 2.20 bits per heavy atom. The van der Waals surface area contributed by atoms with Crippen molar-refractivity contribution < 1.29 is 14.3 Å². The summed E-state index contributed by atoms with van der Waals surface area (Å²) in [5.41, 5.74) is 1.42. The first-order valence-corrected chi connectivity index (χ1v) is 12.7. The number of carbonyl (C=O) groups is 2. The van der Waals surface area contributed by atoms with E-state index in [1.807, 2.05) is 24.3 Å². The van der Waals surface area contributed by atoms with Crippen molar-refractivity contribution in [2.24, 2.45) is 0 Å². The summed E-state index contributed by atoms with van der Waals surface area (Å²) in [4.78, 5) is 32.1. The molecular formula is C28H34N4O3. The first-order valence-electron chi connectivity index (χ1n) is 12.7. The van der Waals surface area contributed by atoms with Crippen LogP contribution in [-0.4, -0.2) is 78.9 Å². The third-order valence-corrected chi connectivity index (χ3v) is 6.79. The summed E-state index contributed by atoms with van der Waals surface area (Å²) in [5.74, 6) is 0.593. The Hall–Kier alpha value is -3.37. The summed E-state index contributed by atoms with van der Waals surface area (Å²) in [6, 6.07) is 16.3. The van der Waals surface area contributed by atoms with Crippen molar-refractivity contribution in [3.8, 4) is 11.8 Å². The minimum absolute atomic E-state index is 0.0339. The lowest BCUT2D eigenvalue weighted by Gasteiger charge is -2.26. The van der Waals surface area contributed by atoms with Crippen LogP contribution in [0.1, 0.15) is 58.4 Å². The molecule has 2 aromatic carbocycles. The highest BCUT2D eigenvalue weighted by Crippen LogP contribution is 2.17. The summed E-state index contributed by atoms with van der Waals surface area (Å²) in [6.07, 6.45) is 5.66. The Morgan fingerprint density at radius 1 is 0.800 bits per heavy atom. The Labute approximate surface area is 207 Å². The number of nitriles is 1. The molecule has 0 bridgehead atoms. The Balaban J connectivity index is 1.26. The lowest BCUT2D eigenvalue weighted by Crippen LogP contribution is -2.37. The number of hydrogen-bond acceptors (Lipinski definition) is 5. The lowest BCUT2D eigenvalue weighted by molar-refractivity contribution is 0.0718. The van der Waals surface area contributed by atoms with Gasteiger partial charge in [0.15, 0.2) is 0 Å². The number of nitrogens with zero attached hydrogens (tertiary/aromatic N) is 4. The van der Waals surface area contributed by atoms with Crippen molar-refractivity contribution in [2.45, 2.75) is 32.1 Å². The van der Waals surface area contributed by atoms with Crippen LogP contribution in [0.4, 0.5) is 0 Å². The second-order valence-electron chi connectivity index (χ2n) is 9.22. The van der Waals surface area contributed by atoms with E-state index in [4.69, 9.17) is 4.74 Å². The van der Waals surface area contributed by atoms with Gasteiger partial charge in [0.05, 0.1) is 23.8 Å². The zero-order valence-electron chi connectivity index (χ0n) is 20.3. The summed E-state index contributed by atoms with van der Waals surface area (Å²) in [6.45, 7) is 6.22. The number of carbonyl (C=O) groups excluding carboxylic acids is 2. The maximum atomic E-state index is 13.1. The van der Waals surface area contributed by atoms with Gasteiger partial charge in [0.1, 0.15) is 5.75 Å². The van der Waals surface area contributed by atoms with Crippen LogP contribution in [0.3, 0.4) is 0 Å². The highest BCUT2D eigenvalue weighted by atomic mass is 16.5. The topological polar surface area (TPSA) is 76.9 Å². The van der Waals surface area contributed by atoms with Gasteiger partial charge in [-0.05, 0) is 75.2 Å². The number of hydrogen-bond donors (Lipinski definition) is 0. The maximum Gasteiger partial charge on any atom is 0.255 e. The van der Waals surface area contributed by atoms with Gasteiger partial charge in [-0.1, -0.05) is 18.6 Å². The molecule has 0 aliphatic carbocycles. The third-order valence-electron chi connectivity index (χ3n) is 6.79. The van der Waals surface area contributed by atoms with Crippen molar-refractivity contribution in [3.05, 3.63) is 65.2 Å². The molecular weight excluding hydrogens is 440 g/mol. The first-order chi connectivity index (χ1) is 17.2. The molecule has 0 saturated carbocycles. The molecule has 2 aliphatic rings. The van der Waals surface area contributed by atoms with Gasteiger partial charge >= 0.3 is 0 Å². The number of piperidine rings is 1. The van der Waals surface area contributed by atoms with Gasteiger partial charge < -0.3 is 19.4 Å². The quantitative estimate of drug-likeness (QED) is 0.571. The Bertz CT molecular complexity index is 1040. The molecule has 0 spiro atoms. The summed E-state index contributed by atoms with van der Waals surface area (Å²) in [5, 5.41) is 9.31. The van der Waals surface area contributed by atoms with Crippen molar-refractivity contribution in [1.29, 1.82) is 5.26 Å². The monoisotopic (exact) mass is 474 g/mol. The van der Waals surface area contributed by atoms with Crippen LogP contribution < -0.4 is 4.74 Å². The van der Waals surface area contributed by atoms with E-state index in [0.717, 1.165) is 18.7 Å². The largest absolute Gasteiger partial charge is 0.494 e. The van der Waals surface area contributed by atoms with Gasteiger partial charge in [0, 0.05) is 38.3 Å². The molecule has 2 fully saturated rings. The highest BCUT2D eigenvalue weighted by molar-refractivity contribution is 5.97. The third kappa shape index (κ3) is 6.61.